The van der Waals surface area contributed by atoms with E-state index in [1.165, 1.54) is 12.1 Å². The van der Waals surface area contributed by atoms with Gasteiger partial charge in [0, 0.05) is 30.3 Å². The fourth-order valence-corrected chi connectivity index (χ4v) is 2.23. The number of nitrogens with two attached hydrogens (primary N) is 2. The Kier molecular flexibility index (Phi) is 3.72. The van der Waals surface area contributed by atoms with Gasteiger partial charge in [-0.1, -0.05) is 0 Å². The minimum atomic E-state index is -3.75. The van der Waals surface area contributed by atoms with Crippen LogP contribution in [-0.4, -0.2) is 24.7 Å². The van der Waals surface area contributed by atoms with Crippen LogP contribution in [-0.2, 0) is 16.6 Å². The van der Waals surface area contributed by atoms with Gasteiger partial charge in [0.25, 0.3) is 0 Å². The molecule has 0 amide bonds. The zero-order chi connectivity index (χ0) is 13.9. The lowest BCUT2D eigenvalue weighted by Gasteiger charge is -2.09. The van der Waals surface area contributed by atoms with Gasteiger partial charge >= 0.3 is 0 Å². The van der Waals surface area contributed by atoms with Crippen molar-refractivity contribution in [3.05, 3.63) is 36.7 Å². The summed E-state index contributed by atoms with van der Waals surface area (Å²) >= 11 is 0. The Labute approximate surface area is 111 Å². The number of aromatic nitrogens is 2. The number of hydrogen-bond acceptors (Lipinski definition) is 5. The van der Waals surface area contributed by atoms with E-state index >= 15 is 0 Å². The molecular formula is C11H15N5O2S. The number of anilines is 2. The monoisotopic (exact) mass is 281 g/mol. The Morgan fingerprint density at radius 3 is 2.74 bits per heavy atom. The molecule has 8 heteroatoms. The first-order valence-electron chi connectivity index (χ1n) is 5.60. The minimum Gasteiger partial charge on any atom is -0.399 e. The number of benzene rings is 1. The number of hydrogen-bond donors (Lipinski definition) is 3. The van der Waals surface area contributed by atoms with E-state index in [4.69, 9.17) is 10.9 Å². The lowest BCUT2D eigenvalue weighted by molar-refractivity contribution is 0.598. The molecule has 0 fully saturated rings. The number of nitrogen functional groups attached to an aromatic ring is 1. The quantitative estimate of drug-likeness (QED) is 0.678. The van der Waals surface area contributed by atoms with E-state index in [2.05, 4.69) is 10.4 Å². The highest BCUT2D eigenvalue weighted by molar-refractivity contribution is 7.89. The molecule has 1 heterocycles. The fourth-order valence-electron chi connectivity index (χ4n) is 1.64. The van der Waals surface area contributed by atoms with E-state index < -0.39 is 10.0 Å². The normalized spacial score (nSPS) is 11.4. The Morgan fingerprint density at radius 2 is 2.11 bits per heavy atom. The predicted molar refractivity (Wildman–Crippen MR) is 72.9 cm³/mol. The van der Waals surface area contributed by atoms with Crippen molar-refractivity contribution >= 4 is 21.4 Å². The first-order chi connectivity index (χ1) is 8.95. The number of sulfonamides is 1. The summed E-state index contributed by atoms with van der Waals surface area (Å²) in [5.41, 5.74) is 6.59. The van der Waals surface area contributed by atoms with Crippen LogP contribution in [0.2, 0.25) is 0 Å². The van der Waals surface area contributed by atoms with Crippen molar-refractivity contribution in [2.24, 2.45) is 5.14 Å². The molecule has 0 saturated heterocycles. The molecule has 0 saturated carbocycles. The highest BCUT2D eigenvalue weighted by atomic mass is 32.2. The third kappa shape index (κ3) is 3.70. The van der Waals surface area contributed by atoms with Gasteiger partial charge in [-0.05, 0) is 24.3 Å². The Morgan fingerprint density at radius 1 is 1.32 bits per heavy atom. The number of primary sulfonamides is 1. The maximum atomic E-state index is 11.3. The van der Waals surface area contributed by atoms with Crippen LogP contribution in [0.4, 0.5) is 11.4 Å². The van der Waals surface area contributed by atoms with Gasteiger partial charge in [-0.2, -0.15) is 5.10 Å². The van der Waals surface area contributed by atoms with Crippen molar-refractivity contribution < 1.29 is 8.42 Å². The summed E-state index contributed by atoms with van der Waals surface area (Å²) < 4.78 is 24.3. The molecule has 1 aromatic carbocycles. The van der Waals surface area contributed by atoms with Gasteiger partial charge in [-0.3, -0.25) is 4.68 Å². The summed E-state index contributed by atoms with van der Waals surface area (Å²) in [6.45, 7) is 1.25. The standard InChI is InChI=1S/C11H15N5O2S/c12-9-6-10(8-11(7-9)19(13,17)18)14-3-5-16-4-1-2-15-16/h1-2,4,6-8,14H,3,5,12H2,(H2,13,17,18). The Balaban J connectivity index is 2.06. The van der Waals surface area contributed by atoms with Gasteiger partial charge in [0.2, 0.25) is 10.0 Å². The number of rotatable bonds is 5. The maximum Gasteiger partial charge on any atom is 0.238 e. The van der Waals surface area contributed by atoms with Gasteiger partial charge in [-0.25, -0.2) is 13.6 Å². The lowest BCUT2D eigenvalue weighted by atomic mass is 10.3. The van der Waals surface area contributed by atoms with Crippen LogP contribution in [0.1, 0.15) is 0 Å². The number of nitrogens with one attached hydrogen (secondary N) is 1. The maximum absolute atomic E-state index is 11.3. The van der Waals surface area contributed by atoms with Crippen molar-refractivity contribution in [2.45, 2.75) is 11.4 Å². The molecule has 5 N–H and O–H groups in total. The van der Waals surface area contributed by atoms with E-state index in [0.29, 0.717) is 24.5 Å². The average Bonchev–Trinajstić information content (AvgIpc) is 2.80. The third-order valence-electron chi connectivity index (χ3n) is 2.49. The van der Waals surface area contributed by atoms with Crippen molar-refractivity contribution in [2.75, 3.05) is 17.6 Å². The molecule has 7 nitrogen and oxygen atoms in total. The van der Waals surface area contributed by atoms with Crippen LogP contribution in [0.15, 0.2) is 41.6 Å². The summed E-state index contributed by atoms with van der Waals surface area (Å²) in [7, 11) is -3.75. The zero-order valence-corrected chi connectivity index (χ0v) is 11.0. The number of nitrogens with zero attached hydrogens (tertiary/aromatic N) is 2. The van der Waals surface area contributed by atoms with E-state index in [1.54, 1.807) is 16.9 Å². The highest BCUT2D eigenvalue weighted by Crippen LogP contribution is 2.19. The first kappa shape index (κ1) is 13.4. The predicted octanol–water partition coefficient (Wildman–Crippen LogP) is 0.225. The zero-order valence-electron chi connectivity index (χ0n) is 10.2. The first-order valence-corrected chi connectivity index (χ1v) is 7.14. The van der Waals surface area contributed by atoms with E-state index in [9.17, 15) is 8.42 Å². The molecule has 19 heavy (non-hydrogen) atoms. The summed E-state index contributed by atoms with van der Waals surface area (Å²) in [6, 6.07) is 6.26. The molecule has 1 aromatic heterocycles. The Bertz CT molecular complexity index is 652. The highest BCUT2D eigenvalue weighted by Gasteiger charge is 2.09. The van der Waals surface area contributed by atoms with Crippen LogP contribution in [0.3, 0.4) is 0 Å². The molecule has 0 spiro atoms. The van der Waals surface area contributed by atoms with E-state index in [0.717, 1.165) is 0 Å². The molecular weight excluding hydrogens is 266 g/mol. The minimum absolute atomic E-state index is 0.00547. The summed E-state index contributed by atoms with van der Waals surface area (Å²) in [5, 5.41) is 12.2. The van der Waals surface area contributed by atoms with Gasteiger partial charge in [-0.15, -0.1) is 0 Å². The van der Waals surface area contributed by atoms with Crippen LogP contribution in [0.5, 0.6) is 0 Å². The van der Waals surface area contributed by atoms with Crippen molar-refractivity contribution in [3.8, 4) is 0 Å². The van der Waals surface area contributed by atoms with Crippen molar-refractivity contribution in [1.29, 1.82) is 0 Å². The van der Waals surface area contributed by atoms with Gasteiger partial charge in [0.05, 0.1) is 11.4 Å². The molecule has 102 valence electrons. The summed E-state index contributed by atoms with van der Waals surface area (Å²) in [6.07, 6.45) is 3.54. The smallest absolute Gasteiger partial charge is 0.238 e. The molecule has 0 unspecified atom stereocenters. The van der Waals surface area contributed by atoms with Crippen LogP contribution < -0.4 is 16.2 Å². The molecule has 0 aliphatic rings. The van der Waals surface area contributed by atoms with Crippen molar-refractivity contribution in [3.63, 3.8) is 0 Å². The van der Waals surface area contributed by atoms with Gasteiger partial charge < -0.3 is 11.1 Å². The molecule has 0 aliphatic heterocycles. The second kappa shape index (κ2) is 5.29. The van der Waals surface area contributed by atoms with Crippen LogP contribution in [0.25, 0.3) is 0 Å². The molecule has 2 aromatic rings. The second-order valence-corrected chi connectivity index (χ2v) is 5.59. The summed E-state index contributed by atoms with van der Waals surface area (Å²) in [4.78, 5) is -0.00547. The van der Waals surface area contributed by atoms with Crippen molar-refractivity contribution in [1.82, 2.24) is 9.78 Å². The third-order valence-corrected chi connectivity index (χ3v) is 3.38. The lowest BCUT2D eigenvalue weighted by Crippen LogP contribution is -2.14. The van der Waals surface area contributed by atoms with Gasteiger partial charge in [0.15, 0.2) is 0 Å². The Hall–Kier alpha value is -2.06. The molecule has 0 aliphatic carbocycles. The van der Waals surface area contributed by atoms with E-state index in [-0.39, 0.29) is 4.90 Å². The SMILES string of the molecule is Nc1cc(NCCn2cccn2)cc(S(N)(=O)=O)c1. The molecule has 0 atom stereocenters. The topological polar surface area (TPSA) is 116 Å². The fraction of sp³-hybridized carbons (Fsp3) is 0.182. The second-order valence-electron chi connectivity index (χ2n) is 4.03. The molecule has 0 radical (unpaired) electrons. The molecule has 2 rings (SSSR count). The molecule has 0 bridgehead atoms. The van der Waals surface area contributed by atoms with E-state index in [1.807, 2.05) is 12.3 Å². The van der Waals surface area contributed by atoms with Crippen LogP contribution >= 0.6 is 0 Å². The summed E-state index contributed by atoms with van der Waals surface area (Å²) in [5.74, 6) is 0. The average molecular weight is 281 g/mol. The van der Waals surface area contributed by atoms with Crippen LogP contribution in [0, 0.1) is 0 Å². The van der Waals surface area contributed by atoms with Gasteiger partial charge in [0.1, 0.15) is 0 Å². The largest absolute Gasteiger partial charge is 0.399 e.